The van der Waals surface area contributed by atoms with Crippen molar-refractivity contribution in [2.24, 2.45) is 5.73 Å². The van der Waals surface area contributed by atoms with Crippen LogP contribution in [0, 0.1) is 6.42 Å². The molecule has 2 amide bonds. The van der Waals surface area contributed by atoms with Crippen LogP contribution in [0.15, 0.2) is 18.2 Å². The summed E-state index contributed by atoms with van der Waals surface area (Å²) < 4.78 is 0. The van der Waals surface area contributed by atoms with E-state index in [2.05, 4.69) is 17.9 Å². The molecule has 26 heavy (non-hydrogen) atoms. The number of nitrogens with zero attached hydrogens (tertiary/aromatic N) is 2. The fourth-order valence-corrected chi connectivity index (χ4v) is 3.99. The third-order valence-electron chi connectivity index (χ3n) is 5.71. The minimum absolute atomic E-state index is 0.145. The van der Waals surface area contributed by atoms with E-state index in [0.717, 1.165) is 49.0 Å². The molecular formula is C21H30N3O2. The highest BCUT2D eigenvalue weighted by Gasteiger charge is 2.29. The van der Waals surface area contributed by atoms with E-state index in [0.29, 0.717) is 12.5 Å². The Morgan fingerprint density at radius 3 is 2.46 bits per heavy atom. The summed E-state index contributed by atoms with van der Waals surface area (Å²) in [6, 6.07) is 6.74. The zero-order chi connectivity index (χ0) is 18.5. The summed E-state index contributed by atoms with van der Waals surface area (Å²) in [6.07, 6.45) is 7.08. The molecule has 0 bridgehead atoms. The largest absolute Gasteiger partial charge is 0.369 e. The van der Waals surface area contributed by atoms with E-state index < -0.39 is 0 Å². The van der Waals surface area contributed by atoms with Crippen LogP contribution in [0.2, 0.25) is 0 Å². The fourth-order valence-electron chi connectivity index (χ4n) is 3.99. The van der Waals surface area contributed by atoms with Crippen LogP contribution in [0.1, 0.15) is 42.9 Å². The van der Waals surface area contributed by atoms with E-state index in [1.807, 2.05) is 17.0 Å². The Morgan fingerprint density at radius 2 is 1.88 bits per heavy atom. The van der Waals surface area contributed by atoms with Gasteiger partial charge in [-0.3, -0.25) is 9.59 Å². The van der Waals surface area contributed by atoms with Crippen LogP contribution in [-0.2, 0) is 28.9 Å². The highest BCUT2D eigenvalue weighted by Crippen LogP contribution is 2.22. The van der Waals surface area contributed by atoms with Gasteiger partial charge in [-0.2, -0.15) is 0 Å². The van der Waals surface area contributed by atoms with Gasteiger partial charge in [-0.05, 0) is 61.9 Å². The van der Waals surface area contributed by atoms with Gasteiger partial charge in [-0.1, -0.05) is 25.1 Å². The van der Waals surface area contributed by atoms with Gasteiger partial charge in [0.05, 0.1) is 12.8 Å². The van der Waals surface area contributed by atoms with Crippen LogP contribution in [0.4, 0.5) is 0 Å². The second kappa shape index (κ2) is 8.67. The number of aryl methyl sites for hydroxylation is 1. The molecule has 2 aliphatic heterocycles. The third-order valence-corrected chi connectivity index (χ3v) is 5.71. The van der Waals surface area contributed by atoms with E-state index in [1.165, 1.54) is 19.5 Å². The van der Waals surface area contributed by atoms with Crippen molar-refractivity contribution in [3.63, 3.8) is 0 Å². The van der Waals surface area contributed by atoms with Crippen molar-refractivity contribution in [2.45, 2.75) is 51.5 Å². The average molecular weight is 356 g/mol. The molecule has 2 heterocycles. The van der Waals surface area contributed by atoms with Crippen LogP contribution in [0.25, 0.3) is 0 Å². The zero-order valence-corrected chi connectivity index (χ0v) is 15.7. The molecule has 2 N–H and O–H groups in total. The first-order chi connectivity index (χ1) is 12.6. The molecule has 0 unspecified atom stereocenters. The predicted molar refractivity (Wildman–Crippen MR) is 103 cm³/mol. The molecule has 0 spiro atoms. The maximum atomic E-state index is 12.5. The number of likely N-dealkylation sites (tertiary alicyclic amines) is 2. The second-order valence-electron chi connectivity index (χ2n) is 7.45. The van der Waals surface area contributed by atoms with E-state index in [-0.39, 0.29) is 18.2 Å². The molecule has 2 saturated heterocycles. The predicted octanol–water partition coefficient (Wildman–Crippen LogP) is 1.72. The van der Waals surface area contributed by atoms with Gasteiger partial charge in [0.25, 0.3) is 0 Å². The maximum absolute atomic E-state index is 12.5. The molecule has 5 heteroatoms. The molecule has 2 fully saturated rings. The van der Waals surface area contributed by atoms with Crippen molar-refractivity contribution in [3.05, 3.63) is 41.3 Å². The Hall–Kier alpha value is -1.88. The molecule has 0 atom stereocenters. The normalized spacial score (nSPS) is 18.6. The third kappa shape index (κ3) is 4.64. The SMILES string of the molecule is CCc1cc(C[CH]C(=O)N2CCC(N3CCC3)CC2)ccc1CC(N)=O. The van der Waals surface area contributed by atoms with Gasteiger partial charge in [-0.25, -0.2) is 0 Å². The smallest absolute Gasteiger partial charge is 0.226 e. The summed E-state index contributed by atoms with van der Waals surface area (Å²) in [4.78, 5) is 28.2. The number of benzene rings is 1. The lowest BCUT2D eigenvalue weighted by atomic mass is 9.96. The zero-order valence-electron chi connectivity index (χ0n) is 15.7. The second-order valence-corrected chi connectivity index (χ2v) is 7.45. The highest BCUT2D eigenvalue weighted by molar-refractivity contribution is 5.85. The van der Waals surface area contributed by atoms with Gasteiger partial charge in [-0.15, -0.1) is 0 Å². The highest BCUT2D eigenvalue weighted by atomic mass is 16.2. The molecule has 141 valence electrons. The first-order valence-electron chi connectivity index (χ1n) is 9.82. The quantitative estimate of drug-likeness (QED) is 0.809. The molecule has 2 aliphatic rings. The number of primary amides is 1. The fraction of sp³-hybridized carbons (Fsp3) is 0.571. The van der Waals surface area contributed by atoms with Gasteiger partial charge in [0.15, 0.2) is 0 Å². The van der Waals surface area contributed by atoms with E-state index in [1.54, 1.807) is 6.42 Å². The average Bonchev–Trinajstić information content (AvgIpc) is 2.59. The van der Waals surface area contributed by atoms with Crippen LogP contribution in [0.3, 0.4) is 0 Å². The molecule has 1 radical (unpaired) electrons. The van der Waals surface area contributed by atoms with Crippen LogP contribution >= 0.6 is 0 Å². The number of rotatable bonds is 7. The minimum Gasteiger partial charge on any atom is -0.369 e. The summed E-state index contributed by atoms with van der Waals surface area (Å²) in [5, 5.41) is 0. The molecule has 1 aromatic rings. The van der Waals surface area contributed by atoms with E-state index in [4.69, 9.17) is 5.73 Å². The van der Waals surface area contributed by atoms with E-state index >= 15 is 0 Å². The van der Waals surface area contributed by atoms with Gasteiger partial charge < -0.3 is 15.5 Å². The lowest BCUT2D eigenvalue weighted by molar-refractivity contribution is -0.129. The summed E-state index contributed by atoms with van der Waals surface area (Å²) in [5.74, 6) is -0.165. The number of hydrogen-bond acceptors (Lipinski definition) is 3. The first-order valence-corrected chi connectivity index (χ1v) is 9.82. The van der Waals surface area contributed by atoms with Crippen molar-refractivity contribution in [1.82, 2.24) is 9.80 Å². The molecule has 5 nitrogen and oxygen atoms in total. The topological polar surface area (TPSA) is 66.6 Å². The Balaban J connectivity index is 1.49. The van der Waals surface area contributed by atoms with Gasteiger partial charge >= 0.3 is 0 Å². The van der Waals surface area contributed by atoms with Crippen molar-refractivity contribution >= 4 is 11.8 Å². The van der Waals surface area contributed by atoms with Gasteiger partial charge in [0.2, 0.25) is 11.8 Å². The Morgan fingerprint density at radius 1 is 1.15 bits per heavy atom. The number of carbonyl (C=O) groups excluding carboxylic acids is 2. The molecule has 0 aliphatic carbocycles. The molecule has 3 rings (SSSR count). The Labute approximate surface area is 156 Å². The molecule has 1 aromatic carbocycles. The van der Waals surface area contributed by atoms with Crippen molar-refractivity contribution in [2.75, 3.05) is 26.2 Å². The van der Waals surface area contributed by atoms with Gasteiger partial charge in [0, 0.05) is 19.1 Å². The summed E-state index contributed by atoms with van der Waals surface area (Å²) in [6.45, 7) is 6.27. The minimum atomic E-state index is -0.309. The Kier molecular flexibility index (Phi) is 6.30. The summed E-state index contributed by atoms with van der Waals surface area (Å²) in [5.41, 5.74) is 8.55. The molecule has 0 aromatic heterocycles. The first kappa shape index (κ1) is 18.9. The summed E-state index contributed by atoms with van der Waals surface area (Å²) in [7, 11) is 0. The molecule has 0 saturated carbocycles. The van der Waals surface area contributed by atoms with E-state index in [9.17, 15) is 9.59 Å². The number of piperidine rings is 1. The number of nitrogens with two attached hydrogens (primary N) is 1. The van der Waals surface area contributed by atoms with Crippen molar-refractivity contribution in [3.8, 4) is 0 Å². The van der Waals surface area contributed by atoms with Crippen LogP contribution in [0.5, 0.6) is 0 Å². The van der Waals surface area contributed by atoms with Crippen molar-refractivity contribution < 1.29 is 9.59 Å². The van der Waals surface area contributed by atoms with Crippen LogP contribution < -0.4 is 5.73 Å². The monoisotopic (exact) mass is 356 g/mol. The van der Waals surface area contributed by atoms with Gasteiger partial charge in [0.1, 0.15) is 0 Å². The van der Waals surface area contributed by atoms with Crippen LogP contribution in [-0.4, -0.2) is 53.8 Å². The maximum Gasteiger partial charge on any atom is 0.226 e. The number of amides is 2. The standard InChI is InChI=1S/C21H30N3O2/c1-2-17-14-16(4-6-18(17)15-20(22)25)5-7-21(26)24-12-8-19(9-13-24)23-10-3-11-23/h4,6-7,14,19H,2-3,5,8-13,15H2,1H3,(H2,22,25). The molecular weight excluding hydrogens is 326 g/mol. The lowest BCUT2D eigenvalue weighted by Gasteiger charge is -2.43. The lowest BCUT2D eigenvalue weighted by Crippen LogP contribution is -2.51. The van der Waals surface area contributed by atoms with Crippen molar-refractivity contribution in [1.29, 1.82) is 0 Å². The Bertz CT molecular complexity index is 647. The summed E-state index contributed by atoms with van der Waals surface area (Å²) >= 11 is 0. The number of hydrogen-bond donors (Lipinski definition) is 1. The number of carbonyl (C=O) groups is 2.